The topological polar surface area (TPSA) is 92.5 Å². The van der Waals surface area contributed by atoms with E-state index < -0.39 is 10.0 Å². The van der Waals surface area contributed by atoms with Crippen molar-refractivity contribution in [1.82, 2.24) is 9.29 Å². The number of ether oxygens (including phenoxy) is 2. The third kappa shape index (κ3) is 3.98. The third-order valence-corrected chi connectivity index (χ3v) is 4.51. The van der Waals surface area contributed by atoms with Crippen molar-refractivity contribution in [1.29, 1.82) is 5.26 Å². The molecule has 0 amide bonds. The van der Waals surface area contributed by atoms with E-state index in [9.17, 15) is 8.42 Å². The van der Waals surface area contributed by atoms with Gasteiger partial charge in [0.1, 0.15) is 11.0 Å². The van der Waals surface area contributed by atoms with Gasteiger partial charge in [0.2, 0.25) is 10.0 Å². The molecule has 1 rings (SSSR count). The third-order valence-electron chi connectivity index (χ3n) is 2.58. The first-order chi connectivity index (χ1) is 9.57. The Kier molecular flexibility index (Phi) is 6.54. The van der Waals surface area contributed by atoms with Gasteiger partial charge < -0.3 is 9.47 Å². The maximum absolute atomic E-state index is 12.5. The first kappa shape index (κ1) is 16.5. The molecule has 0 aliphatic rings. The Labute approximate surface area is 118 Å². The summed E-state index contributed by atoms with van der Waals surface area (Å²) in [5.41, 5.74) is -0.118. The van der Waals surface area contributed by atoms with Crippen molar-refractivity contribution in [3.8, 4) is 6.07 Å². The Balaban J connectivity index is 3.11. The highest BCUT2D eigenvalue weighted by molar-refractivity contribution is 7.89. The predicted octanol–water partition coefficient (Wildman–Crippen LogP) is 0.237. The number of hydrogen-bond donors (Lipinski definition) is 0. The normalized spacial score (nSPS) is 11.5. The summed E-state index contributed by atoms with van der Waals surface area (Å²) in [7, 11) is -0.816. The quantitative estimate of drug-likeness (QED) is 0.682. The van der Waals surface area contributed by atoms with E-state index in [-0.39, 0.29) is 36.9 Å². The summed E-state index contributed by atoms with van der Waals surface area (Å²) in [5.74, 6) is 0. The van der Waals surface area contributed by atoms with E-state index in [2.05, 4.69) is 4.98 Å². The molecule has 1 aromatic rings. The average Bonchev–Trinajstić information content (AvgIpc) is 2.47. The summed E-state index contributed by atoms with van der Waals surface area (Å²) in [5, 5.41) is 8.97. The van der Waals surface area contributed by atoms with Crippen molar-refractivity contribution in [3.63, 3.8) is 0 Å². The van der Waals surface area contributed by atoms with Crippen LogP contribution in [0.5, 0.6) is 0 Å². The maximum atomic E-state index is 12.5. The fourth-order valence-corrected chi connectivity index (χ4v) is 3.06. The smallest absolute Gasteiger partial charge is 0.246 e. The van der Waals surface area contributed by atoms with Gasteiger partial charge in [-0.15, -0.1) is 0 Å². The second-order valence-electron chi connectivity index (χ2n) is 3.85. The molecule has 0 radical (unpaired) electrons. The van der Waals surface area contributed by atoms with Crippen LogP contribution in [0.1, 0.15) is 5.69 Å². The van der Waals surface area contributed by atoms with E-state index in [0.717, 1.165) is 0 Å². The van der Waals surface area contributed by atoms with E-state index in [1.807, 2.05) is 0 Å². The highest BCUT2D eigenvalue weighted by Gasteiger charge is 2.27. The van der Waals surface area contributed by atoms with Gasteiger partial charge in [0, 0.05) is 33.5 Å². The van der Waals surface area contributed by atoms with Gasteiger partial charge in [-0.25, -0.2) is 13.4 Å². The highest BCUT2D eigenvalue weighted by atomic mass is 32.2. The monoisotopic (exact) mass is 299 g/mol. The molecule has 110 valence electrons. The molecule has 0 N–H and O–H groups in total. The van der Waals surface area contributed by atoms with Crippen molar-refractivity contribution in [3.05, 3.63) is 24.0 Å². The lowest BCUT2D eigenvalue weighted by Crippen LogP contribution is -2.36. The van der Waals surface area contributed by atoms with Crippen molar-refractivity contribution >= 4 is 10.0 Å². The van der Waals surface area contributed by atoms with Crippen LogP contribution in [0, 0.1) is 11.3 Å². The van der Waals surface area contributed by atoms with Crippen LogP contribution < -0.4 is 0 Å². The molecule has 8 heteroatoms. The van der Waals surface area contributed by atoms with Gasteiger partial charge in [0.15, 0.2) is 5.69 Å². The largest absolute Gasteiger partial charge is 0.383 e. The van der Waals surface area contributed by atoms with Crippen LogP contribution >= 0.6 is 0 Å². The van der Waals surface area contributed by atoms with Crippen molar-refractivity contribution in [2.45, 2.75) is 4.90 Å². The van der Waals surface area contributed by atoms with Crippen LogP contribution in [0.25, 0.3) is 0 Å². The summed E-state index contributed by atoms with van der Waals surface area (Å²) in [6.07, 6.45) is 1.38. The summed E-state index contributed by atoms with van der Waals surface area (Å²) < 4.78 is 36.1. The fraction of sp³-hybridized carbons (Fsp3) is 0.500. The molecule has 0 atom stereocenters. The second-order valence-corrected chi connectivity index (χ2v) is 5.76. The van der Waals surface area contributed by atoms with Gasteiger partial charge in [-0.1, -0.05) is 0 Å². The highest BCUT2D eigenvalue weighted by Crippen LogP contribution is 2.17. The molecule has 1 aromatic heterocycles. The first-order valence-electron chi connectivity index (χ1n) is 5.91. The second kappa shape index (κ2) is 7.91. The number of hydrogen-bond acceptors (Lipinski definition) is 6. The van der Waals surface area contributed by atoms with Crippen LogP contribution in [0.4, 0.5) is 0 Å². The Morgan fingerprint density at radius 2 is 1.90 bits per heavy atom. The molecular weight excluding hydrogens is 282 g/mol. The maximum Gasteiger partial charge on any atom is 0.246 e. The van der Waals surface area contributed by atoms with Gasteiger partial charge in [-0.05, 0) is 12.1 Å². The van der Waals surface area contributed by atoms with Crippen molar-refractivity contribution < 1.29 is 17.9 Å². The number of aromatic nitrogens is 1. The molecule has 20 heavy (non-hydrogen) atoms. The lowest BCUT2D eigenvalue weighted by Gasteiger charge is -2.21. The zero-order valence-electron chi connectivity index (χ0n) is 11.4. The Morgan fingerprint density at radius 3 is 2.40 bits per heavy atom. The number of nitriles is 1. The molecule has 0 aromatic carbocycles. The van der Waals surface area contributed by atoms with Gasteiger partial charge >= 0.3 is 0 Å². The fourth-order valence-electron chi connectivity index (χ4n) is 1.56. The number of nitrogens with zero attached hydrogens (tertiary/aromatic N) is 3. The van der Waals surface area contributed by atoms with Crippen LogP contribution in [0.15, 0.2) is 23.2 Å². The zero-order valence-corrected chi connectivity index (χ0v) is 12.3. The molecule has 1 heterocycles. The van der Waals surface area contributed by atoms with E-state index in [4.69, 9.17) is 14.7 Å². The summed E-state index contributed by atoms with van der Waals surface area (Å²) >= 11 is 0. The van der Waals surface area contributed by atoms with Crippen LogP contribution in [0.2, 0.25) is 0 Å². The number of rotatable bonds is 8. The average molecular weight is 299 g/mol. The summed E-state index contributed by atoms with van der Waals surface area (Å²) in [4.78, 5) is 3.67. The minimum Gasteiger partial charge on any atom is -0.383 e. The molecule has 0 saturated heterocycles. The van der Waals surface area contributed by atoms with Crippen molar-refractivity contribution in [2.24, 2.45) is 0 Å². The molecule has 0 bridgehead atoms. The van der Waals surface area contributed by atoms with Gasteiger partial charge in [-0.2, -0.15) is 9.57 Å². The van der Waals surface area contributed by atoms with E-state index in [0.29, 0.717) is 0 Å². The molecule has 0 saturated carbocycles. The number of sulfonamides is 1. The van der Waals surface area contributed by atoms with E-state index >= 15 is 0 Å². The van der Waals surface area contributed by atoms with E-state index in [1.165, 1.54) is 36.9 Å². The Hall–Kier alpha value is -1.53. The molecule has 0 aliphatic heterocycles. The first-order valence-corrected chi connectivity index (χ1v) is 7.35. The Bertz CT molecular complexity index is 560. The number of pyridine rings is 1. The summed E-state index contributed by atoms with van der Waals surface area (Å²) in [6, 6.07) is 4.64. The predicted molar refractivity (Wildman–Crippen MR) is 71.5 cm³/mol. The zero-order chi connectivity index (χ0) is 15.0. The lowest BCUT2D eigenvalue weighted by molar-refractivity contribution is 0.150. The number of methoxy groups -OCH3 is 2. The minimum atomic E-state index is -3.80. The lowest BCUT2D eigenvalue weighted by atomic mass is 10.4. The molecule has 7 nitrogen and oxygen atoms in total. The molecular formula is C12H17N3O4S. The van der Waals surface area contributed by atoms with Crippen LogP contribution in [-0.2, 0) is 19.5 Å². The minimum absolute atomic E-state index is 0.102. The SMILES string of the molecule is COCCN(CCOC)S(=O)(=O)c1cccnc1C#N. The summed E-state index contributed by atoms with van der Waals surface area (Å²) in [6.45, 7) is 0.875. The van der Waals surface area contributed by atoms with Gasteiger partial charge in [-0.3, -0.25) is 0 Å². The van der Waals surface area contributed by atoms with Crippen molar-refractivity contribution in [2.75, 3.05) is 40.5 Å². The molecule has 0 fully saturated rings. The standard InChI is InChI=1S/C12H17N3O4S/c1-18-8-6-15(7-9-19-2)20(16,17)12-4-3-5-14-11(12)10-13/h3-5H,6-9H2,1-2H3. The van der Waals surface area contributed by atoms with Gasteiger partial charge in [0.05, 0.1) is 13.2 Å². The van der Waals surface area contributed by atoms with Crippen LogP contribution in [-0.4, -0.2) is 58.2 Å². The molecule has 0 unspecified atom stereocenters. The molecule has 0 aliphatic carbocycles. The van der Waals surface area contributed by atoms with Gasteiger partial charge in [0.25, 0.3) is 0 Å². The Morgan fingerprint density at radius 1 is 1.30 bits per heavy atom. The van der Waals surface area contributed by atoms with E-state index in [1.54, 1.807) is 6.07 Å². The molecule has 0 spiro atoms. The van der Waals surface area contributed by atoms with Crippen LogP contribution in [0.3, 0.4) is 0 Å².